The quantitative estimate of drug-likeness (QED) is 0.469. The maximum absolute atomic E-state index is 13.0. The molecule has 0 bridgehead atoms. The highest BCUT2D eigenvalue weighted by molar-refractivity contribution is 6.30. The topological polar surface area (TPSA) is 26.0 Å². The first kappa shape index (κ1) is 11.3. The second kappa shape index (κ2) is 4.14. The Bertz CT molecular complexity index is 338. The van der Waals surface area contributed by atoms with Crippen LogP contribution in [0.3, 0.4) is 0 Å². The van der Waals surface area contributed by atoms with Crippen LogP contribution in [0, 0.1) is 23.3 Å². The normalized spacial score (nSPS) is 10.7. The standard InChI is InChI=1S/C8H6ClF4N/c9-4-7(12)5(10)3(1-2-14)6(11)8(4)13/h1-2,14H2. The molecule has 1 rings (SSSR count). The van der Waals surface area contributed by atoms with Crippen molar-refractivity contribution in [1.82, 2.24) is 0 Å². The molecular weight excluding hydrogens is 222 g/mol. The summed E-state index contributed by atoms with van der Waals surface area (Å²) >= 11 is 5.00. The summed E-state index contributed by atoms with van der Waals surface area (Å²) in [6, 6.07) is 0. The number of nitrogens with two attached hydrogens (primary N) is 1. The van der Waals surface area contributed by atoms with E-state index in [0.29, 0.717) is 0 Å². The maximum Gasteiger partial charge on any atom is 0.180 e. The van der Waals surface area contributed by atoms with E-state index in [4.69, 9.17) is 17.3 Å². The minimum Gasteiger partial charge on any atom is -0.330 e. The fourth-order valence-electron chi connectivity index (χ4n) is 1.01. The van der Waals surface area contributed by atoms with E-state index in [1.54, 1.807) is 0 Å². The first-order chi connectivity index (χ1) is 6.50. The van der Waals surface area contributed by atoms with Gasteiger partial charge in [-0.1, -0.05) is 11.6 Å². The molecule has 0 aromatic heterocycles. The molecule has 1 aromatic carbocycles. The molecule has 6 heteroatoms. The van der Waals surface area contributed by atoms with Gasteiger partial charge in [0.1, 0.15) is 5.02 Å². The minimum absolute atomic E-state index is 0.117. The monoisotopic (exact) mass is 227 g/mol. The number of hydrogen-bond donors (Lipinski definition) is 1. The third-order valence-electron chi connectivity index (χ3n) is 1.70. The molecule has 0 aliphatic rings. The predicted molar refractivity (Wildman–Crippen MR) is 44.0 cm³/mol. The Labute approximate surface area is 82.5 Å². The number of halogens is 5. The molecule has 0 fully saturated rings. The van der Waals surface area contributed by atoms with E-state index < -0.39 is 33.9 Å². The highest BCUT2D eigenvalue weighted by Gasteiger charge is 2.23. The summed E-state index contributed by atoms with van der Waals surface area (Å²) in [6.07, 6.45) is -0.289. The van der Waals surface area contributed by atoms with Gasteiger partial charge in [-0.05, 0) is 13.0 Å². The van der Waals surface area contributed by atoms with Crippen LogP contribution in [0.1, 0.15) is 5.56 Å². The summed E-state index contributed by atoms with van der Waals surface area (Å²) in [4.78, 5) is 0. The molecule has 0 heterocycles. The summed E-state index contributed by atoms with van der Waals surface area (Å²) in [5.74, 6) is -6.15. The van der Waals surface area contributed by atoms with Crippen LogP contribution in [-0.2, 0) is 6.42 Å². The summed E-state index contributed by atoms with van der Waals surface area (Å²) < 4.78 is 51.5. The Morgan fingerprint density at radius 1 is 0.929 bits per heavy atom. The number of rotatable bonds is 2. The van der Waals surface area contributed by atoms with Gasteiger partial charge in [-0.2, -0.15) is 0 Å². The van der Waals surface area contributed by atoms with Crippen LogP contribution in [0.25, 0.3) is 0 Å². The van der Waals surface area contributed by atoms with E-state index in [2.05, 4.69) is 0 Å². The third kappa shape index (κ3) is 1.69. The zero-order valence-electron chi connectivity index (χ0n) is 6.88. The molecule has 1 aromatic rings. The smallest absolute Gasteiger partial charge is 0.180 e. The summed E-state index contributed by atoms with van der Waals surface area (Å²) in [5, 5.41) is -1.18. The molecule has 2 N–H and O–H groups in total. The molecule has 0 aliphatic heterocycles. The average molecular weight is 228 g/mol. The molecule has 0 radical (unpaired) electrons. The van der Waals surface area contributed by atoms with Gasteiger partial charge in [-0.3, -0.25) is 0 Å². The average Bonchev–Trinajstić information content (AvgIpc) is 2.19. The van der Waals surface area contributed by atoms with Gasteiger partial charge in [0, 0.05) is 5.56 Å². The van der Waals surface area contributed by atoms with E-state index in [0.717, 1.165) is 0 Å². The molecular formula is C8H6ClF4N. The molecule has 0 atom stereocenters. The molecule has 1 nitrogen and oxygen atoms in total. The van der Waals surface area contributed by atoms with Crippen LogP contribution >= 0.6 is 11.6 Å². The van der Waals surface area contributed by atoms with E-state index >= 15 is 0 Å². The van der Waals surface area contributed by atoms with Crippen LogP contribution in [-0.4, -0.2) is 6.54 Å². The Morgan fingerprint density at radius 3 is 1.71 bits per heavy atom. The predicted octanol–water partition coefficient (Wildman–Crippen LogP) is 2.40. The van der Waals surface area contributed by atoms with Gasteiger partial charge in [-0.25, -0.2) is 17.6 Å². The van der Waals surface area contributed by atoms with Gasteiger partial charge in [0.25, 0.3) is 0 Å². The van der Waals surface area contributed by atoms with Crippen molar-refractivity contribution >= 4 is 11.6 Å². The van der Waals surface area contributed by atoms with Crippen LogP contribution < -0.4 is 5.73 Å². The molecule has 14 heavy (non-hydrogen) atoms. The molecule has 0 unspecified atom stereocenters. The number of benzene rings is 1. The zero-order valence-corrected chi connectivity index (χ0v) is 7.64. The van der Waals surface area contributed by atoms with Crippen molar-refractivity contribution < 1.29 is 17.6 Å². The van der Waals surface area contributed by atoms with Crippen molar-refractivity contribution in [2.75, 3.05) is 6.54 Å². The lowest BCUT2D eigenvalue weighted by atomic mass is 10.1. The Morgan fingerprint density at radius 2 is 1.36 bits per heavy atom. The second-order valence-corrected chi connectivity index (χ2v) is 2.97. The third-order valence-corrected chi connectivity index (χ3v) is 2.03. The summed E-state index contributed by atoms with van der Waals surface area (Å²) in [5.41, 5.74) is 4.31. The highest BCUT2D eigenvalue weighted by Crippen LogP contribution is 2.27. The van der Waals surface area contributed by atoms with Crippen molar-refractivity contribution in [2.45, 2.75) is 6.42 Å². The second-order valence-electron chi connectivity index (χ2n) is 2.59. The minimum atomic E-state index is -1.59. The zero-order chi connectivity index (χ0) is 10.9. The van der Waals surface area contributed by atoms with Gasteiger partial charge in [-0.15, -0.1) is 0 Å². The van der Waals surface area contributed by atoms with E-state index in [-0.39, 0.29) is 13.0 Å². The molecule has 0 spiro atoms. The lowest BCUT2D eigenvalue weighted by Crippen LogP contribution is -2.10. The first-order valence-electron chi connectivity index (χ1n) is 3.71. The van der Waals surface area contributed by atoms with Crippen molar-refractivity contribution in [3.8, 4) is 0 Å². The molecule has 0 saturated carbocycles. The van der Waals surface area contributed by atoms with Crippen LogP contribution in [0.5, 0.6) is 0 Å². The van der Waals surface area contributed by atoms with E-state index in [1.807, 2.05) is 0 Å². The van der Waals surface area contributed by atoms with Crippen LogP contribution in [0.15, 0.2) is 0 Å². The summed E-state index contributed by atoms with van der Waals surface area (Å²) in [6.45, 7) is -0.117. The Kier molecular flexibility index (Phi) is 3.34. The molecule has 0 saturated heterocycles. The Hall–Kier alpha value is -0.810. The fourth-order valence-corrected chi connectivity index (χ4v) is 1.18. The molecule has 78 valence electrons. The van der Waals surface area contributed by atoms with Crippen molar-refractivity contribution in [2.24, 2.45) is 5.73 Å². The van der Waals surface area contributed by atoms with Gasteiger partial charge in [0.15, 0.2) is 23.3 Å². The maximum atomic E-state index is 13.0. The van der Waals surface area contributed by atoms with E-state index in [9.17, 15) is 17.6 Å². The van der Waals surface area contributed by atoms with Crippen molar-refractivity contribution in [3.63, 3.8) is 0 Å². The Balaban J connectivity index is 3.43. The van der Waals surface area contributed by atoms with Gasteiger partial charge >= 0.3 is 0 Å². The first-order valence-corrected chi connectivity index (χ1v) is 4.08. The highest BCUT2D eigenvalue weighted by atomic mass is 35.5. The lowest BCUT2D eigenvalue weighted by Gasteiger charge is -2.07. The van der Waals surface area contributed by atoms with E-state index in [1.165, 1.54) is 0 Å². The van der Waals surface area contributed by atoms with Crippen molar-refractivity contribution in [3.05, 3.63) is 33.9 Å². The SMILES string of the molecule is NCCc1c(F)c(F)c(Cl)c(F)c1F. The van der Waals surface area contributed by atoms with Crippen LogP contribution in [0.2, 0.25) is 5.02 Å². The lowest BCUT2D eigenvalue weighted by molar-refractivity contribution is 0.440. The fraction of sp³-hybridized carbons (Fsp3) is 0.250. The number of hydrogen-bond acceptors (Lipinski definition) is 1. The largest absolute Gasteiger partial charge is 0.330 e. The van der Waals surface area contributed by atoms with Crippen LogP contribution in [0.4, 0.5) is 17.6 Å². The van der Waals surface area contributed by atoms with Crippen molar-refractivity contribution in [1.29, 1.82) is 0 Å². The van der Waals surface area contributed by atoms with Gasteiger partial charge in [0.2, 0.25) is 0 Å². The van der Waals surface area contributed by atoms with Gasteiger partial charge < -0.3 is 5.73 Å². The molecule has 0 aliphatic carbocycles. The summed E-state index contributed by atoms with van der Waals surface area (Å²) in [7, 11) is 0. The molecule has 0 amide bonds. The van der Waals surface area contributed by atoms with Gasteiger partial charge in [0.05, 0.1) is 0 Å².